The van der Waals surface area contributed by atoms with Crippen molar-refractivity contribution in [1.29, 1.82) is 0 Å². The standard InChI is InChI=1S/C11H12FNO4/c1-13(8-5-3-2-4-7(8)12)9(11(16)17)6-10(14)15/h2-5,9H,6H2,1H3,(H,14,15)(H,16,17). The molecule has 92 valence electrons. The SMILES string of the molecule is CN(c1ccccc1F)C(CC(=O)O)C(=O)O. The smallest absolute Gasteiger partial charge is 0.326 e. The number of carboxylic acid groups (broad SMARTS) is 2. The van der Waals surface area contributed by atoms with Crippen molar-refractivity contribution in [3.8, 4) is 0 Å². The average molecular weight is 241 g/mol. The summed E-state index contributed by atoms with van der Waals surface area (Å²) in [6, 6.07) is 4.30. The van der Waals surface area contributed by atoms with Crippen LogP contribution in [0.4, 0.5) is 10.1 Å². The number of para-hydroxylation sites is 1. The van der Waals surface area contributed by atoms with Gasteiger partial charge in [0.2, 0.25) is 0 Å². The van der Waals surface area contributed by atoms with Crippen LogP contribution in [0.15, 0.2) is 24.3 Å². The molecule has 0 aromatic heterocycles. The molecule has 0 aliphatic carbocycles. The first-order valence-electron chi connectivity index (χ1n) is 4.85. The fourth-order valence-corrected chi connectivity index (χ4v) is 1.46. The molecule has 0 aliphatic rings. The predicted molar refractivity (Wildman–Crippen MR) is 58.5 cm³/mol. The number of likely N-dealkylation sites (N-methyl/N-ethyl adjacent to an activating group) is 1. The molecule has 1 aromatic carbocycles. The van der Waals surface area contributed by atoms with Crippen LogP contribution in [0.1, 0.15) is 6.42 Å². The molecular weight excluding hydrogens is 229 g/mol. The van der Waals surface area contributed by atoms with Crippen molar-refractivity contribution in [3.63, 3.8) is 0 Å². The lowest BCUT2D eigenvalue weighted by Crippen LogP contribution is -2.40. The van der Waals surface area contributed by atoms with E-state index < -0.39 is 30.2 Å². The second-order valence-corrected chi connectivity index (χ2v) is 3.51. The molecule has 0 saturated carbocycles. The van der Waals surface area contributed by atoms with Crippen LogP contribution in [-0.4, -0.2) is 35.2 Å². The summed E-state index contributed by atoms with van der Waals surface area (Å²) in [5.41, 5.74) is 0.0566. The van der Waals surface area contributed by atoms with Gasteiger partial charge in [-0.2, -0.15) is 0 Å². The van der Waals surface area contributed by atoms with Gasteiger partial charge in [0.05, 0.1) is 12.1 Å². The summed E-state index contributed by atoms with van der Waals surface area (Å²) >= 11 is 0. The summed E-state index contributed by atoms with van der Waals surface area (Å²) in [5.74, 6) is -3.15. The van der Waals surface area contributed by atoms with Gasteiger partial charge >= 0.3 is 11.9 Å². The first-order chi connectivity index (χ1) is 7.93. The molecule has 5 nitrogen and oxygen atoms in total. The number of hydrogen-bond donors (Lipinski definition) is 2. The predicted octanol–water partition coefficient (Wildman–Crippen LogP) is 1.19. The number of carboxylic acids is 2. The van der Waals surface area contributed by atoms with Gasteiger partial charge < -0.3 is 15.1 Å². The van der Waals surface area contributed by atoms with Crippen molar-refractivity contribution in [2.45, 2.75) is 12.5 Å². The summed E-state index contributed by atoms with van der Waals surface area (Å²) in [5, 5.41) is 17.5. The van der Waals surface area contributed by atoms with Crippen LogP contribution in [0, 0.1) is 5.82 Å². The third-order valence-electron chi connectivity index (χ3n) is 2.35. The van der Waals surface area contributed by atoms with Crippen LogP contribution >= 0.6 is 0 Å². The van der Waals surface area contributed by atoms with Crippen molar-refractivity contribution in [2.75, 3.05) is 11.9 Å². The molecule has 1 rings (SSSR count). The molecule has 17 heavy (non-hydrogen) atoms. The quantitative estimate of drug-likeness (QED) is 0.809. The number of halogens is 1. The number of nitrogens with zero attached hydrogens (tertiary/aromatic N) is 1. The largest absolute Gasteiger partial charge is 0.481 e. The monoisotopic (exact) mass is 241 g/mol. The molecule has 0 spiro atoms. The van der Waals surface area contributed by atoms with Gasteiger partial charge in [0, 0.05) is 7.05 Å². The highest BCUT2D eigenvalue weighted by Gasteiger charge is 2.27. The molecule has 1 aromatic rings. The molecular formula is C11H12FNO4. The van der Waals surface area contributed by atoms with Gasteiger partial charge in [0.1, 0.15) is 11.9 Å². The Morgan fingerprint density at radius 3 is 2.41 bits per heavy atom. The topological polar surface area (TPSA) is 77.8 Å². The number of rotatable bonds is 5. The van der Waals surface area contributed by atoms with E-state index >= 15 is 0 Å². The van der Waals surface area contributed by atoms with Crippen LogP contribution in [0.3, 0.4) is 0 Å². The van der Waals surface area contributed by atoms with E-state index in [0.29, 0.717) is 0 Å². The summed E-state index contributed by atoms with van der Waals surface area (Å²) in [4.78, 5) is 22.6. The van der Waals surface area contributed by atoms with Crippen molar-refractivity contribution in [1.82, 2.24) is 0 Å². The van der Waals surface area contributed by atoms with Crippen LogP contribution in [0.25, 0.3) is 0 Å². The highest BCUT2D eigenvalue weighted by atomic mass is 19.1. The van der Waals surface area contributed by atoms with E-state index in [1.807, 2.05) is 0 Å². The highest BCUT2D eigenvalue weighted by Crippen LogP contribution is 2.20. The van der Waals surface area contributed by atoms with E-state index in [-0.39, 0.29) is 5.69 Å². The van der Waals surface area contributed by atoms with Gasteiger partial charge in [0.15, 0.2) is 0 Å². The van der Waals surface area contributed by atoms with E-state index in [1.54, 1.807) is 6.07 Å². The minimum Gasteiger partial charge on any atom is -0.481 e. The molecule has 1 unspecified atom stereocenters. The molecule has 0 heterocycles. The second kappa shape index (κ2) is 5.29. The van der Waals surface area contributed by atoms with Crippen LogP contribution in [0.2, 0.25) is 0 Å². The Kier molecular flexibility index (Phi) is 4.03. The fraction of sp³-hybridized carbons (Fsp3) is 0.273. The van der Waals surface area contributed by atoms with Crippen molar-refractivity contribution in [2.24, 2.45) is 0 Å². The summed E-state index contributed by atoms with van der Waals surface area (Å²) in [6.07, 6.45) is -0.597. The minimum atomic E-state index is -1.31. The summed E-state index contributed by atoms with van der Waals surface area (Å²) < 4.78 is 13.4. The number of aliphatic carboxylic acids is 2. The Bertz CT molecular complexity index is 435. The molecule has 0 aliphatic heterocycles. The van der Waals surface area contributed by atoms with Gasteiger partial charge in [-0.1, -0.05) is 12.1 Å². The lowest BCUT2D eigenvalue weighted by atomic mass is 10.1. The van der Waals surface area contributed by atoms with Gasteiger partial charge in [0.25, 0.3) is 0 Å². The molecule has 2 N–H and O–H groups in total. The average Bonchev–Trinajstić information content (AvgIpc) is 2.25. The zero-order valence-electron chi connectivity index (χ0n) is 9.13. The molecule has 1 atom stereocenters. The Hall–Kier alpha value is -2.11. The minimum absolute atomic E-state index is 0.0566. The molecule has 0 bridgehead atoms. The van der Waals surface area contributed by atoms with E-state index in [2.05, 4.69) is 0 Å². The third-order valence-corrected chi connectivity index (χ3v) is 2.35. The maximum absolute atomic E-state index is 13.4. The first kappa shape index (κ1) is 13.0. The third kappa shape index (κ3) is 3.17. The van der Waals surface area contributed by atoms with Crippen molar-refractivity contribution in [3.05, 3.63) is 30.1 Å². The van der Waals surface area contributed by atoms with E-state index in [1.165, 1.54) is 25.2 Å². The van der Waals surface area contributed by atoms with Gasteiger partial charge in [-0.05, 0) is 12.1 Å². The number of carbonyl (C=O) groups is 2. The number of anilines is 1. The zero-order chi connectivity index (χ0) is 13.0. The van der Waals surface area contributed by atoms with E-state index in [4.69, 9.17) is 10.2 Å². The lowest BCUT2D eigenvalue weighted by Gasteiger charge is -2.25. The van der Waals surface area contributed by atoms with E-state index in [9.17, 15) is 14.0 Å². The van der Waals surface area contributed by atoms with Gasteiger partial charge in [-0.15, -0.1) is 0 Å². The van der Waals surface area contributed by atoms with E-state index in [0.717, 1.165) is 4.90 Å². The number of hydrogen-bond acceptors (Lipinski definition) is 3. The van der Waals surface area contributed by atoms with Gasteiger partial charge in [-0.3, -0.25) is 4.79 Å². The van der Waals surface area contributed by atoms with Crippen LogP contribution in [0.5, 0.6) is 0 Å². The lowest BCUT2D eigenvalue weighted by molar-refractivity contribution is -0.145. The summed E-state index contributed by atoms with van der Waals surface area (Å²) in [7, 11) is 1.35. The molecule has 6 heteroatoms. The molecule has 0 saturated heterocycles. The summed E-state index contributed by atoms with van der Waals surface area (Å²) in [6.45, 7) is 0. The maximum atomic E-state index is 13.4. The highest BCUT2D eigenvalue weighted by molar-refractivity contribution is 5.84. The Balaban J connectivity index is 3.00. The Labute approximate surface area is 97.1 Å². The van der Waals surface area contributed by atoms with Crippen LogP contribution < -0.4 is 4.90 Å². The van der Waals surface area contributed by atoms with Gasteiger partial charge in [-0.25, -0.2) is 9.18 Å². The van der Waals surface area contributed by atoms with Crippen molar-refractivity contribution >= 4 is 17.6 Å². The van der Waals surface area contributed by atoms with Crippen LogP contribution in [-0.2, 0) is 9.59 Å². The Morgan fingerprint density at radius 1 is 1.35 bits per heavy atom. The maximum Gasteiger partial charge on any atom is 0.326 e. The molecule has 0 radical (unpaired) electrons. The Morgan fingerprint density at radius 2 is 1.94 bits per heavy atom. The fourth-order valence-electron chi connectivity index (χ4n) is 1.46. The number of benzene rings is 1. The van der Waals surface area contributed by atoms with Crippen molar-refractivity contribution < 1.29 is 24.2 Å². The molecule has 0 amide bonds. The first-order valence-corrected chi connectivity index (χ1v) is 4.85. The molecule has 0 fully saturated rings. The second-order valence-electron chi connectivity index (χ2n) is 3.51. The zero-order valence-corrected chi connectivity index (χ0v) is 9.13. The normalized spacial score (nSPS) is 11.9.